The molecule has 3 aromatic rings. The highest BCUT2D eigenvalue weighted by Gasteiger charge is 2.62. The van der Waals surface area contributed by atoms with E-state index in [0.29, 0.717) is 50.0 Å². The van der Waals surface area contributed by atoms with E-state index in [9.17, 15) is 9.59 Å². The second-order valence-corrected chi connectivity index (χ2v) is 11.4. The summed E-state index contributed by atoms with van der Waals surface area (Å²) in [5, 5.41) is 7.71. The molecular formula is C31H25Cl3N2O4. The fraction of sp³-hybridized carbons (Fsp3) is 0.226. The summed E-state index contributed by atoms with van der Waals surface area (Å²) in [6.45, 7) is 0. The Labute approximate surface area is 246 Å². The molecule has 2 amide bonds. The van der Waals surface area contributed by atoms with Crippen LogP contribution in [0.4, 0.5) is 5.69 Å². The first-order chi connectivity index (χ1) is 19.3. The summed E-state index contributed by atoms with van der Waals surface area (Å²) in [4.78, 5) is 27.7. The Hall–Kier alpha value is -3.45. The molecule has 6 nitrogen and oxygen atoms in total. The molecule has 9 heteroatoms. The van der Waals surface area contributed by atoms with Crippen LogP contribution < -0.4 is 20.1 Å². The van der Waals surface area contributed by atoms with E-state index >= 15 is 0 Å². The maximum Gasteiger partial charge on any atom is 0.237 e. The number of benzene rings is 3. The molecular weight excluding hydrogens is 571 g/mol. The van der Waals surface area contributed by atoms with Crippen molar-refractivity contribution >= 4 is 52.3 Å². The predicted molar refractivity (Wildman–Crippen MR) is 156 cm³/mol. The van der Waals surface area contributed by atoms with Crippen LogP contribution in [-0.4, -0.2) is 18.9 Å². The lowest BCUT2D eigenvalue weighted by Crippen LogP contribution is -2.59. The van der Waals surface area contributed by atoms with Crippen molar-refractivity contribution in [2.75, 3.05) is 12.4 Å². The van der Waals surface area contributed by atoms with Crippen molar-refractivity contribution < 1.29 is 19.1 Å². The first-order valence-electron chi connectivity index (χ1n) is 12.8. The molecule has 1 fully saturated rings. The molecule has 1 unspecified atom stereocenters. The number of rotatable bonds is 5. The van der Waals surface area contributed by atoms with Crippen LogP contribution in [0.2, 0.25) is 10.0 Å². The van der Waals surface area contributed by atoms with Gasteiger partial charge in [-0.3, -0.25) is 9.59 Å². The lowest BCUT2D eigenvalue weighted by Gasteiger charge is -2.49. The molecule has 0 radical (unpaired) electrons. The molecule has 2 aliphatic heterocycles. The maximum atomic E-state index is 14.3. The standard InChI is InChI=1S/C31H25Cl3N2O4/c1-39-20-9-11-21(12-10-20)40-26-7-3-6-24(34)28(26)29-31(22-13-8-19(33)15-25(22)35-30(31)38)23(16-27(37)36-29)17-4-2-5-18(32)14-17/h2-13,15,17,23,29H,14,16H2,1H3,(H,35,38)(H,36,37)/t17?,23-,29-,31-/m0/s1. The Kier molecular flexibility index (Phi) is 7.03. The highest BCUT2D eigenvalue weighted by Crippen LogP contribution is 2.59. The van der Waals surface area contributed by atoms with Crippen LogP contribution in [0.5, 0.6) is 17.2 Å². The van der Waals surface area contributed by atoms with Gasteiger partial charge < -0.3 is 20.1 Å². The molecule has 3 aliphatic rings. The van der Waals surface area contributed by atoms with Crippen molar-refractivity contribution in [3.8, 4) is 17.2 Å². The van der Waals surface area contributed by atoms with Gasteiger partial charge in [0.2, 0.25) is 11.8 Å². The van der Waals surface area contributed by atoms with Gasteiger partial charge in [0.15, 0.2) is 0 Å². The number of hydrogen-bond acceptors (Lipinski definition) is 4. The number of methoxy groups -OCH3 is 1. The van der Waals surface area contributed by atoms with Gasteiger partial charge in [0.05, 0.1) is 13.2 Å². The molecule has 0 saturated carbocycles. The van der Waals surface area contributed by atoms with Crippen molar-refractivity contribution in [2.45, 2.75) is 24.3 Å². The van der Waals surface area contributed by atoms with Gasteiger partial charge in [0.1, 0.15) is 22.7 Å². The summed E-state index contributed by atoms with van der Waals surface area (Å²) in [5.41, 5.74) is 0.638. The molecule has 1 saturated heterocycles. The zero-order valence-corrected chi connectivity index (χ0v) is 23.7. The molecule has 2 heterocycles. The zero-order valence-electron chi connectivity index (χ0n) is 21.4. The third-order valence-corrected chi connectivity index (χ3v) is 8.82. The van der Waals surface area contributed by atoms with Crippen LogP contribution in [0.3, 0.4) is 0 Å². The fourth-order valence-electron chi connectivity index (χ4n) is 6.28. The minimum atomic E-state index is -1.22. The van der Waals surface area contributed by atoms with Crippen LogP contribution in [-0.2, 0) is 15.0 Å². The first kappa shape index (κ1) is 26.8. The zero-order chi connectivity index (χ0) is 28.0. The number of ether oxygens (including phenoxy) is 2. The fourth-order valence-corrected chi connectivity index (χ4v) is 6.98. The van der Waals surface area contributed by atoms with Crippen molar-refractivity contribution in [1.29, 1.82) is 0 Å². The van der Waals surface area contributed by atoms with E-state index in [1.807, 2.05) is 24.3 Å². The summed E-state index contributed by atoms with van der Waals surface area (Å²) in [6.07, 6.45) is 6.39. The van der Waals surface area contributed by atoms with Crippen molar-refractivity contribution in [3.05, 3.63) is 105 Å². The van der Waals surface area contributed by atoms with Crippen LogP contribution in [0, 0.1) is 11.8 Å². The largest absolute Gasteiger partial charge is 0.497 e. The Bertz CT molecular complexity index is 1570. The predicted octanol–water partition coefficient (Wildman–Crippen LogP) is 7.56. The molecule has 3 aromatic carbocycles. The number of piperidine rings is 1. The highest BCUT2D eigenvalue weighted by molar-refractivity contribution is 6.32. The third-order valence-electron chi connectivity index (χ3n) is 7.97. The monoisotopic (exact) mass is 594 g/mol. The number of nitrogens with one attached hydrogen (secondary N) is 2. The van der Waals surface area contributed by atoms with Crippen LogP contribution >= 0.6 is 34.8 Å². The van der Waals surface area contributed by atoms with Gasteiger partial charge in [-0.1, -0.05) is 59.1 Å². The minimum Gasteiger partial charge on any atom is -0.497 e. The molecule has 4 atom stereocenters. The summed E-state index contributed by atoms with van der Waals surface area (Å²) in [5.74, 6) is 0.623. The summed E-state index contributed by atoms with van der Waals surface area (Å²) >= 11 is 19.7. The van der Waals surface area contributed by atoms with E-state index < -0.39 is 17.4 Å². The second-order valence-electron chi connectivity index (χ2n) is 10.1. The lowest BCUT2D eigenvalue weighted by molar-refractivity contribution is -0.135. The van der Waals surface area contributed by atoms with Gasteiger partial charge in [0, 0.05) is 32.7 Å². The topological polar surface area (TPSA) is 76.7 Å². The minimum absolute atomic E-state index is 0.129. The molecule has 6 rings (SSSR count). The quantitative estimate of drug-likeness (QED) is 0.319. The number of amides is 2. The summed E-state index contributed by atoms with van der Waals surface area (Å²) < 4.78 is 11.6. The van der Waals surface area contributed by atoms with E-state index in [1.165, 1.54) is 0 Å². The number of anilines is 1. The van der Waals surface area contributed by atoms with E-state index in [-0.39, 0.29) is 24.2 Å². The molecule has 0 bridgehead atoms. The van der Waals surface area contributed by atoms with E-state index in [1.54, 1.807) is 61.7 Å². The summed E-state index contributed by atoms with van der Waals surface area (Å²) in [6, 6.07) is 16.9. The number of allylic oxidation sites excluding steroid dienone is 4. The first-order valence-corrected chi connectivity index (χ1v) is 14.0. The number of hydrogen-bond donors (Lipinski definition) is 2. The third kappa shape index (κ3) is 4.44. The van der Waals surface area contributed by atoms with Gasteiger partial charge in [-0.2, -0.15) is 0 Å². The van der Waals surface area contributed by atoms with Gasteiger partial charge in [-0.05, 0) is 78.4 Å². The normalized spacial score (nSPS) is 25.2. The molecule has 204 valence electrons. The Balaban J connectivity index is 1.55. The maximum absolute atomic E-state index is 14.3. The molecule has 2 N–H and O–H groups in total. The van der Waals surface area contributed by atoms with Crippen LogP contribution in [0.15, 0.2) is 83.9 Å². The average Bonchev–Trinajstić information content (AvgIpc) is 3.21. The number of fused-ring (bicyclic) bond motifs is 2. The number of halogens is 3. The van der Waals surface area contributed by atoms with Gasteiger partial charge in [0.25, 0.3) is 0 Å². The van der Waals surface area contributed by atoms with Gasteiger partial charge in [-0.15, -0.1) is 0 Å². The molecule has 1 spiro atoms. The molecule has 1 aliphatic carbocycles. The van der Waals surface area contributed by atoms with Crippen LogP contribution in [0.25, 0.3) is 0 Å². The van der Waals surface area contributed by atoms with Crippen LogP contribution in [0.1, 0.15) is 30.0 Å². The average molecular weight is 596 g/mol. The van der Waals surface area contributed by atoms with Gasteiger partial charge >= 0.3 is 0 Å². The van der Waals surface area contributed by atoms with Crippen molar-refractivity contribution in [3.63, 3.8) is 0 Å². The highest BCUT2D eigenvalue weighted by atomic mass is 35.5. The Morgan fingerprint density at radius 1 is 0.950 bits per heavy atom. The summed E-state index contributed by atoms with van der Waals surface area (Å²) in [7, 11) is 1.59. The Morgan fingerprint density at radius 3 is 2.48 bits per heavy atom. The number of carbonyl (C=O) groups excluding carboxylic acids is 2. The van der Waals surface area contributed by atoms with E-state index in [4.69, 9.17) is 44.3 Å². The van der Waals surface area contributed by atoms with E-state index in [0.717, 1.165) is 5.56 Å². The Morgan fingerprint density at radius 2 is 1.73 bits per heavy atom. The SMILES string of the molecule is COc1ccc(Oc2cccc(Cl)c2[C@@H]2NC(=O)C[C@@H](C3C=CC=C(Cl)C3)[C@]23C(=O)Nc2cc(Cl)ccc23)cc1. The van der Waals surface area contributed by atoms with Gasteiger partial charge in [-0.25, -0.2) is 0 Å². The number of carbonyl (C=O) groups is 2. The smallest absolute Gasteiger partial charge is 0.237 e. The van der Waals surface area contributed by atoms with E-state index in [2.05, 4.69) is 10.6 Å². The molecule has 40 heavy (non-hydrogen) atoms. The lowest BCUT2D eigenvalue weighted by atomic mass is 9.57. The van der Waals surface area contributed by atoms with Crippen molar-refractivity contribution in [2.24, 2.45) is 11.8 Å². The molecule has 0 aromatic heterocycles. The van der Waals surface area contributed by atoms with Crippen molar-refractivity contribution in [1.82, 2.24) is 5.32 Å². The second kappa shape index (κ2) is 10.5.